The van der Waals surface area contributed by atoms with Crippen LogP contribution in [0.4, 0.5) is 9.18 Å². The van der Waals surface area contributed by atoms with Crippen LogP contribution in [-0.2, 0) is 10.6 Å². The van der Waals surface area contributed by atoms with E-state index < -0.39 is 24.1 Å². The number of benzene rings is 3. The predicted molar refractivity (Wildman–Crippen MR) is 125 cm³/mol. The number of alkyl carbamates (subject to hydrolysis) is 1. The highest BCUT2D eigenvalue weighted by molar-refractivity contribution is 6.17. The molecule has 1 amide bonds. The van der Waals surface area contributed by atoms with Gasteiger partial charge in [-0.3, -0.25) is 0 Å². The summed E-state index contributed by atoms with van der Waals surface area (Å²) >= 11 is 5.64. The quantitative estimate of drug-likeness (QED) is 0.410. The van der Waals surface area contributed by atoms with E-state index >= 15 is 0 Å². The molecule has 0 bridgehead atoms. The summed E-state index contributed by atoms with van der Waals surface area (Å²) in [5.41, 5.74) is 5.11. The lowest BCUT2D eigenvalue weighted by Crippen LogP contribution is -2.30. The van der Waals surface area contributed by atoms with Crippen LogP contribution in [-0.4, -0.2) is 35.6 Å². The molecule has 2 atom stereocenters. The summed E-state index contributed by atoms with van der Waals surface area (Å²) in [6, 6.07) is 20.3. The largest absolute Gasteiger partial charge is 0.449 e. The number of rotatable bonds is 8. The first kappa shape index (κ1) is 23.2. The highest BCUT2D eigenvalue weighted by Gasteiger charge is 2.29. The fraction of sp³-hybridized carbons (Fsp3) is 0.269. The molecule has 0 radical (unpaired) electrons. The minimum atomic E-state index is -1.28. The predicted octanol–water partition coefficient (Wildman–Crippen LogP) is 4.89. The van der Waals surface area contributed by atoms with Crippen LogP contribution in [0.5, 0.6) is 0 Å². The summed E-state index contributed by atoms with van der Waals surface area (Å²) in [5.74, 6) is -0.554. The van der Waals surface area contributed by atoms with Gasteiger partial charge in [0.05, 0.1) is 12.0 Å². The number of fused-ring (bicyclic) bond motifs is 3. The van der Waals surface area contributed by atoms with Crippen molar-refractivity contribution in [3.63, 3.8) is 0 Å². The molecule has 5 nitrogen and oxygen atoms in total. The second kappa shape index (κ2) is 10.3. The average molecular weight is 470 g/mol. The van der Waals surface area contributed by atoms with Gasteiger partial charge in [0, 0.05) is 18.0 Å². The van der Waals surface area contributed by atoms with Crippen LogP contribution in [0.1, 0.15) is 40.7 Å². The number of hydrogen-bond donors (Lipinski definition) is 3. The lowest BCUT2D eigenvalue weighted by atomic mass is 9.98. The highest BCUT2D eigenvalue weighted by atomic mass is 35.5. The van der Waals surface area contributed by atoms with Gasteiger partial charge in [0.25, 0.3) is 0 Å². The van der Waals surface area contributed by atoms with Gasteiger partial charge in [-0.25, -0.2) is 9.18 Å². The van der Waals surface area contributed by atoms with Crippen LogP contribution >= 0.6 is 11.6 Å². The van der Waals surface area contributed by atoms with Crippen molar-refractivity contribution in [1.82, 2.24) is 5.32 Å². The molecule has 0 saturated carbocycles. The zero-order chi connectivity index (χ0) is 23.4. The molecule has 2 unspecified atom stereocenters. The first-order chi connectivity index (χ1) is 16.0. The molecule has 0 aliphatic heterocycles. The zero-order valence-electron chi connectivity index (χ0n) is 17.9. The number of alkyl halides is 1. The Bertz CT molecular complexity index is 1090. The van der Waals surface area contributed by atoms with Gasteiger partial charge < -0.3 is 20.3 Å². The molecule has 1 aliphatic rings. The van der Waals surface area contributed by atoms with Crippen molar-refractivity contribution < 1.29 is 24.1 Å². The molecule has 0 heterocycles. The van der Waals surface area contributed by atoms with E-state index in [-0.39, 0.29) is 36.9 Å². The topological polar surface area (TPSA) is 78.8 Å². The first-order valence-corrected chi connectivity index (χ1v) is 11.3. The van der Waals surface area contributed by atoms with Crippen LogP contribution in [0.2, 0.25) is 0 Å². The number of halogens is 2. The number of hydrogen-bond acceptors (Lipinski definition) is 4. The molecule has 7 heteroatoms. The van der Waals surface area contributed by atoms with Gasteiger partial charge in [0.1, 0.15) is 18.5 Å². The Labute approximate surface area is 196 Å². The fourth-order valence-corrected chi connectivity index (χ4v) is 4.42. The van der Waals surface area contributed by atoms with E-state index in [1.807, 2.05) is 36.4 Å². The molecule has 0 aromatic heterocycles. The SMILES string of the molecule is O=C(NCCC(O)C(O)c1ccc(CCl)c(F)c1)OCC1c2ccccc2-c2ccccc21. The summed E-state index contributed by atoms with van der Waals surface area (Å²) in [6.07, 6.45) is -2.99. The Hall–Kier alpha value is -2.93. The van der Waals surface area contributed by atoms with Crippen molar-refractivity contribution in [2.24, 2.45) is 0 Å². The minimum Gasteiger partial charge on any atom is -0.449 e. The third kappa shape index (κ3) is 5.03. The molecule has 0 spiro atoms. The third-order valence-corrected chi connectivity index (χ3v) is 6.27. The zero-order valence-corrected chi connectivity index (χ0v) is 18.6. The molecule has 1 aliphatic carbocycles. The minimum absolute atomic E-state index is 0.0226. The van der Waals surface area contributed by atoms with Crippen molar-refractivity contribution in [3.8, 4) is 11.1 Å². The number of amides is 1. The van der Waals surface area contributed by atoms with Crippen molar-refractivity contribution in [3.05, 3.63) is 94.8 Å². The Kier molecular flexibility index (Phi) is 7.28. The molecule has 33 heavy (non-hydrogen) atoms. The standard InChI is InChI=1S/C26H25ClFNO4/c27-14-17-10-9-16(13-23(17)28)25(31)24(30)11-12-29-26(32)33-15-22-20-7-3-1-5-18(20)19-6-2-4-8-21(19)22/h1-10,13,22,24-25,30-31H,11-12,14-15H2,(H,29,32). The molecular formula is C26H25ClFNO4. The molecule has 3 N–H and O–H groups in total. The van der Waals surface area contributed by atoms with Gasteiger partial charge in [-0.15, -0.1) is 11.6 Å². The second-order valence-corrected chi connectivity index (χ2v) is 8.30. The van der Waals surface area contributed by atoms with Crippen LogP contribution in [0.3, 0.4) is 0 Å². The Balaban J connectivity index is 1.28. The first-order valence-electron chi connectivity index (χ1n) is 10.8. The van der Waals surface area contributed by atoms with E-state index in [9.17, 15) is 19.4 Å². The lowest BCUT2D eigenvalue weighted by molar-refractivity contribution is 0.0135. The number of carbonyl (C=O) groups is 1. The maximum atomic E-state index is 13.9. The lowest BCUT2D eigenvalue weighted by Gasteiger charge is -2.19. The number of ether oxygens (including phenoxy) is 1. The van der Waals surface area contributed by atoms with Gasteiger partial charge in [0.15, 0.2) is 0 Å². The molecule has 172 valence electrons. The van der Waals surface area contributed by atoms with E-state index in [0.717, 1.165) is 28.3 Å². The van der Waals surface area contributed by atoms with E-state index in [2.05, 4.69) is 17.4 Å². The molecule has 0 saturated heterocycles. The number of aliphatic hydroxyl groups excluding tert-OH is 2. The maximum absolute atomic E-state index is 13.9. The fourth-order valence-electron chi connectivity index (χ4n) is 4.21. The van der Waals surface area contributed by atoms with Crippen LogP contribution in [0.15, 0.2) is 66.7 Å². The Morgan fingerprint density at radius 2 is 1.67 bits per heavy atom. The van der Waals surface area contributed by atoms with Crippen molar-refractivity contribution in [1.29, 1.82) is 0 Å². The van der Waals surface area contributed by atoms with Crippen molar-refractivity contribution in [2.45, 2.75) is 30.4 Å². The highest BCUT2D eigenvalue weighted by Crippen LogP contribution is 2.44. The van der Waals surface area contributed by atoms with E-state index in [0.29, 0.717) is 5.56 Å². The Morgan fingerprint density at radius 1 is 1.03 bits per heavy atom. The molecular weight excluding hydrogens is 445 g/mol. The normalized spacial score (nSPS) is 14.3. The third-order valence-electron chi connectivity index (χ3n) is 5.98. The summed E-state index contributed by atoms with van der Waals surface area (Å²) in [5, 5.41) is 23.1. The number of aliphatic hydroxyl groups is 2. The number of carbonyl (C=O) groups excluding carboxylic acids is 1. The van der Waals surface area contributed by atoms with Crippen molar-refractivity contribution in [2.75, 3.05) is 13.2 Å². The molecule has 3 aromatic rings. The maximum Gasteiger partial charge on any atom is 0.407 e. The van der Waals surface area contributed by atoms with Gasteiger partial charge in [0.2, 0.25) is 0 Å². The van der Waals surface area contributed by atoms with Gasteiger partial charge in [-0.1, -0.05) is 60.7 Å². The number of nitrogens with one attached hydrogen (secondary N) is 1. The van der Waals surface area contributed by atoms with Crippen molar-refractivity contribution >= 4 is 17.7 Å². The summed E-state index contributed by atoms with van der Waals surface area (Å²) in [7, 11) is 0. The van der Waals surface area contributed by atoms with E-state index in [4.69, 9.17) is 16.3 Å². The Morgan fingerprint density at radius 3 is 2.27 bits per heavy atom. The summed E-state index contributed by atoms with van der Waals surface area (Å²) in [4.78, 5) is 12.2. The summed E-state index contributed by atoms with van der Waals surface area (Å²) in [6.45, 7) is 0.286. The van der Waals surface area contributed by atoms with Gasteiger partial charge in [-0.2, -0.15) is 0 Å². The molecule has 4 rings (SSSR count). The van der Waals surface area contributed by atoms with Gasteiger partial charge >= 0.3 is 6.09 Å². The van der Waals surface area contributed by atoms with E-state index in [1.165, 1.54) is 12.1 Å². The summed E-state index contributed by atoms with van der Waals surface area (Å²) < 4.78 is 19.3. The average Bonchev–Trinajstić information content (AvgIpc) is 3.16. The second-order valence-electron chi connectivity index (χ2n) is 8.04. The molecule has 0 fully saturated rings. The van der Waals surface area contributed by atoms with Crippen LogP contribution in [0, 0.1) is 5.82 Å². The smallest absolute Gasteiger partial charge is 0.407 e. The van der Waals surface area contributed by atoms with Crippen LogP contribution < -0.4 is 5.32 Å². The van der Waals surface area contributed by atoms with E-state index in [1.54, 1.807) is 0 Å². The van der Waals surface area contributed by atoms with Crippen LogP contribution in [0.25, 0.3) is 11.1 Å². The van der Waals surface area contributed by atoms with Gasteiger partial charge in [-0.05, 0) is 40.3 Å². The molecule has 3 aromatic carbocycles. The monoisotopic (exact) mass is 469 g/mol.